The summed E-state index contributed by atoms with van der Waals surface area (Å²) in [4.78, 5) is 0. The van der Waals surface area contributed by atoms with Gasteiger partial charge in [0.15, 0.2) is 0 Å². The van der Waals surface area contributed by atoms with Crippen molar-refractivity contribution < 1.29 is 0 Å². The second-order valence-electron chi connectivity index (χ2n) is 6.40. The summed E-state index contributed by atoms with van der Waals surface area (Å²) in [6.07, 6.45) is 1.27. The molecular weight excluding hydrogens is 260 g/mol. The first-order valence-corrected chi connectivity index (χ1v) is 6.85. The van der Waals surface area contributed by atoms with Crippen molar-refractivity contribution in [3.63, 3.8) is 0 Å². The average Bonchev–Trinajstić information content (AvgIpc) is 2.14. The molecule has 0 bridgehead atoms. The molecule has 1 aromatic rings. The molecule has 0 saturated carbocycles. The normalized spacial score (nSPS) is 26.2. The lowest BCUT2D eigenvalue weighted by molar-refractivity contribution is 0.233. The lowest BCUT2D eigenvalue weighted by atomic mass is 9.58. The molecule has 0 spiro atoms. The van der Waals surface area contributed by atoms with Gasteiger partial charge in [-0.2, -0.15) is 0 Å². The second-order valence-corrected chi connectivity index (χ2v) is 7.32. The van der Waals surface area contributed by atoms with Gasteiger partial charge in [-0.3, -0.25) is 0 Å². The minimum absolute atomic E-state index is 0.297. The molecule has 0 aliphatic heterocycles. The maximum Gasteiger partial charge on any atom is 0.0178 e. The van der Waals surface area contributed by atoms with E-state index < -0.39 is 0 Å². The van der Waals surface area contributed by atoms with Gasteiger partial charge in [0.25, 0.3) is 0 Å². The van der Waals surface area contributed by atoms with Gasteiger partial charge in [-0.25, -0.2) is 0 Å². The zero-order valence-corrected chi connectivity index (χ0v) is 12.5. The van der Waals surface area contributed by atoms with Crippen molar-refractivity contribution in [1.82, 2.24) is 0 Å². The van der Waals surface area contributed by atoms with Crippen LogP contribution < -0.4 is 0 Å². The van der Waals surface area contributed by atoms with Crippen LogP contribution in [0.25, 0.3) is 0 Å². The third kappa shape index (κ3) is 1.73. The minimum Gasteiger partial charge on any atom is -0.0616 e. The van der Waals surface area contributed by atoms with Gasteiger partial charge in [-0.15, -0.1) is 0 Å². The van der Waals surface area contributed by atoms with Crippen LogP contribution in [0.2, 0.25) is 0 Å². The monoisotopic (exact) mass is 280 g/mol. The summed E-state index contributed by atoms with van der Waals surface area (Å²) < 4.78 is 1.20. The summed E-state index contributed by atoms with van der Waals surface area (Å²) in [5.41, 5.74) is 3.64. The Bertz CT molecular complexity index is 415. The smallest absolute Gasteiger partial charge is 0.0178 e. The zero-order chi connectivity index (χ0) is 12.1. The van der Waals surface area contributed by atoms with Crippen molar-refractivity contribution in [3.8, 4) is 0 Å². The molecular formula is C15H21Br. The van der Waals surface area contributed by atoms with Gasteiger partial charge in [0.05, 0.1) is 0 Å². The van der Waals surface area contributed by atoms with Gasteiger partial charge in [0.1, 0.15) is 0 Å². The standard InChI is InChI=1S/C15H21Br/c1-10-9-14(2,3)13-8-11(16)6-7-12(13)15(10,4)5/h6-8,10H,9H2,1-5H3. The quantitative estimate of drug-likeness (QED) is 0.624. The van der Waals surface area contributed by atoms with Gasteiger partial charge in [0.2, 0.25) is 0 Å². The van der Waals surface area contributed by atoms with Crippen LogP contribution in [0.3, 0.4) is 0 Å². The second kappa shape index (κ2) is 3.60. The number of benzene rings is 1. The zero-order valence-electron chi connectivity index (χ0n) is 10.9. The largest absolute Gasteiger partial charge is 0.0616 e. The van der Waals surface area contributed by atoms with Crippen LogP contribution in [-0.2, 0) is 10.8 Å². The van der Waals surface area contributed by atoms with E-state index in [1.165, 1.54) is 22.0 Å². The van der Waals surface area contributed by atoms with E-state index in [0.29, 0.717) is 10.8 Å². The number of halogens is 1. The molecule has 1 atom stereocenters. The molecule has 1 heteroatoms. The van der Waals surface area contributed by atoms with E-state index in [9.17, 15) is 0 Å². The van der Waals surface area contributed by atoms with Gasteiger partial charge < -0.3 is 0 Å². The molecule has 0 amide bonds. The maximum absolute atomic E-state index is 3.59. The van der Waals surface area contributed by atoms with E-state index in [0.717, 1.165) is 5.92 Å². The summed E-state index contributed by atoms with van der Waals surface area (Å²) in [5.74, 6) is 0.733. The lowest BCUT2D eigenvalue weighted by Crippen LogP contribution is -2.40. The Labute approximate surface area is 108 Å². The molecule has 88 valence electrons. The van der Waals surface area contributed by atoms with Gasteiger partial charge in [0, 0.05) is 4.47 Å². The highest BCUT2D eigenvalue weighted by Gasteiger charge is 2.41. The molecule has 0 heterocycles. The highest BCUT2D eigenvalue weighted by atomic mass is 79.9. The molecule has 1 aliphatic carbocycles. The summed E-state index contributed by atoms with van der Waals surface area (Å²) in [5, 5.41) is 0. The van der Waals surface area contributed by atoms with Crippen LogP contribution >= 0.6 is 15.9 Å². The molecule has 2 rings (SSSR count). The molecule has 1 aromatic carbocycles. The summed E-state index contributed by atoms with van der Waals surface area (Å²) >= 11 is 3.59. The fourth-order valence-electron chi connectivity index (χ4n) is 3.03. The Morgan fingerprint density at radius 1 is 1.12 bits per heavy atom. The number of hydrogen-bond donors (Lipinski definition) is 0. The molecule has 0 N–H and O–H groups in total. The summed E-state index contributed by atoms with van der Waals surface area (Å²) in [6, 6.07) is 6.79. The van der Waals surface area contributed by atoms with E-state index in [-0.39, 0.29) is 0 Å². The first-order chi connectivity index (χ1) is 7.25. The van der Waals surface area contributed by atoms with Crippen molar-refractivity contribution in [3.05, 3.63) is 33.8 Å². The van der Waals surface area contributed by atoms with Crippen molar-refractivity contribution in [2.75, 3.05) is 0 Å². The van der Waals surface area contributed by atoms with E-state index in [1.807, 2.05) is 0 Å². The summed E-state index contributed by atoms with van der Waals surface area (Å²) in [7, 11) is 0. The number of fused-ring (bicyclic) bond motifs is 1. The van der Waals surface area contributed by atoms with Crippen LogP contribution in [-0.4, -0.2) is 0 Å². The SMILES string of the molecule is CC1CC(C)(C)c2cc(Br)ccc2C1(C)C. The van der Waals surface area contributed by atoms with E-state index in [4.69, 9.17) is 0 Å². The Morgan fingerprint density at radius 3 is 2.38 bits per heavy atom. The first-order valence-electron chi connectivity index (χ1n) is 6.05. The third-order valence-corrected chi connectivity index (χ3v) is 4.95. The van der Waals surface area contributed by atoms with Crippen LogP contribution in [0.1, 0.15) is 52.2 Å². The highest BCUT2D eigenvalue weighted by molar-refractivity contribution is 9.10. The maximum atomic E-state index is 3.59. The van der Waals surface area contributed by atoms with Crippen LogP contribution in [0.15, 0.2) is 22.7 Å². The molecule has 0 radical (unpaired) electrons. The Kier molecular flexibility index (Phi) is 2.73. The summed E-state index contributed by atoms with van der Waals surface area (Å²) in [6.45, 7) is 11.9. The van der Waals surface area contributed by atoms with Crippen molar-refractivity contribution in [2.24, 2.45) is 5.92 Å². The Hall–Kier alpha value is -0.300. The molecule has 16 heavy (non-hydrogen) atoms. The molecule has 0 saturated heterocycles. The molecule has 1 unspecified atom stereocenters. The van der Waals surface area contributed by atoms with Crippen molar-refractivity contribution >= 4 is 15.9 Å². The Morgan fingerprint density at radius 2 is 1.75 bits per heavy atom. The number of rotatable bonds is 0. The molecule has 0 nitrogen and oxygen atoms in total. The lowest BCUT2D eigenvalue weighted by Gasteiger charge is -2.46. The minimum atomic E-state index is 0.297. The van der Waals surface area contributed by atoms with Gasteiger partial charge in [-0.05, 0) is 46.4 Å². The first kappa shape index (κ1) is 12.2. The number of hydrogen-bond acceptors (Lipinski definition) is 0. The van der Waals surface area contributed by atoms with Crippen LogP contribution in [0.4, 0.5) is 0 Å². The fourth-order valence-corrected chi connectivity index (χ4v) is 3.40. The van der Waals surface area contributed by atoms with Crippen molar-refractivity contribution in [1.29, 1.82) is 0 Å². The Balaban J connectivity index is 2.67. The predicted molar refractivity (Wildman–Crippen MR) is 74.0 cm³/mol. The predicted octanol–water partition coefficient (Wildman–Crippen LogP) is 5.04. The molecule has 0 aromatic heterocycles. The van der Waals surface area contributed by atoms with Gasteiger partial charge in [-0.1, -0.05) is 56.6 Å². The van der Waals surface area contributed by atoms with E-state index in [2.05, 4.69) is 68.7 Å². The third-order valence-electron chi connectivity index (χ3n) is 4.45. The van der Waals surface area contributed by atoms with Crippen LogP contribution in [0, 0.1) is 5.92 Å². The highest BCUT2D eigenvalue weighted by Crippen LogP contribution is 2.49. The van der Waals surface area contributed by atoms with Crippen LogP contribution in [0.5, 0.6) is 0 Å². The fraction of sp³-hybridized carbons (Fsp3) is 0.600. The van der Waals surface area contributed by atoms with Crippen molar-refractivity contribution in [2.45, 2.75) is 51.9 Å². The van der Waals surface area contributed by atoms with E-state index >= 15 is 0 Å². The van der Waals surface area contributed by atoms with Gasteiger partial charge >= 0.3 is 0 Å². The molecule has 1 aliphatic rings. The topological polar surface area (TPSA) is 0 Å². The molecule has 0 fully saturated rings. The van der Waals surface area contributed by atoms with E-state index in [1.54, 1.807) is 0 Å². The average molecular weight is 281 g/mol.